The van der Waals surface area contributed by atoms with Crippen LogP contribution in [-0.4, -0.2) is 6.79 Å². The molecule has 0 N–H and O–H groups in total. The molecule has 1 heterocycles. The van der Waals surface area contributed by atoms with Crippen LogP contribution in [0.15, 0.2) is 18.2 Å². The third-order valence-electron chi connectivity index (χ3n) is 2.59. The van der Waals surface area contributed by atoms with E-state index in [4.69, 9.17) is 14.7 Å². The number of hydrogen-bond acceptors (Lipinski definition) is 3. The molecule has 1 aromatic rings. The van der Waals surface area contributed by atoms with Crippen molar-refractivity contribution in [1.82, 2.24) is 0 Å². The Kier molecular flexibility index (Phi) is 2.77. The minimum absolute atomic E-state index is 0.0883. The van der Waals surface area contributed by atoms with Crippen LogP contribution in [0.25, 0.3) is 0 Å². The van der Waals surface area contributed by atoms with E-state index in [1.165, 1.54) is 0 Å². The molecule has 78 valence electrons. The van der Waals surface area contributed by atoms with E-state index in [9.17, 15) is 0 Å². The predicted octanol–water partition coefficient (Wildman–Crippen LogP) is 2.51. The molecule has 1 atom stereocenters. The monoisotopic (exact) mass is 203 g/mol. The zero-order valence-electron chi connectivity index (χ0n) is 8.69. The summed E-state index contributed by atoms with van der Waals surface area (Å²) in [7, 11) is 0. The molecule has 0 amide bonds. The first-order valence-electron chi connectivity index (χ1n) is 5.11. The third-order valence-corrected chi connectivity index (χ3v) is 2.59. The zero-order valence-corrected chi connectivity index (χ0v) is 8.69. The molecule has 0 aromatic heterocycles. The standard InChI is InChI=1S/C12H13NO2/c1-2-9(7-13)5-10-3-4-11-12(6-10)15-8-14-11/h3-4,6,9H,2,5,8H2,1H3. The highest BCUT2D eigenvalue weighted by Gasteiger charge is 2.14. The zero-order chi connectivity index (χ0) is 10.7. The van der Waals surface area contributed by atoms with Gasteiger partial charge in [-0.1, -0.05) is 13.0 Å². The molecule has 3 heteroatoms. The normalized spacial score (nSPS) is 14.7. The molecule has 1 aliphatic rings. The minimum atomic E-state index is 0.0883. The molecule has 0 saturated carbocycles. The summed E-state index contributed by atoms with van der Waals surface area (Å²) in [4.78, 5) is 0. The molecule has 2 rings (SSSR count). The Morgan fingerprint density at radius 1 is 1.40 bits per heavy atom. The summed E-state index contributed by atoms with van der Waals surface area (Å²) in [6.45, 7) is 2.33. The van der Waals surface area contributed by atoms with Gasteiger partial charge in [0.1, 0.15) is 0 Å². The van der Waals surface area contributed by atoms with E-state index in [0.717, 1.165) is 29.9 Å². The van der Waals surface area contributed by atoms with Gasteiger partial charge in [0.2, 0.25) is 6.79 Å². The number of hydrogen-bond donors (Lipinski definition) is 0. The average molecular weight is 203 g/mol. The first-order chi connectivity index (χ1) is 7.33. The quantitative estimate of drug-likeness (QED) is 0.758. The lowest BCUT2D eigenvalue weighted by atomic mass is 9.98. The predicted molar refractivity (Wildman–Crippen MR) is 55.7 cm³/mol. The lowest BCUT2D eigenvalue weighted by molar-refractivity contribution is 0.174. The molecule has 0 fully saturated rings. The number of nitrogens with zero attached hydrogens (tertiary/aromatic N) is 1. The van der Waals surface area contributed by atoms with Crippen molar-refractivity contribution >= 4 is 0 Å². The summed E-state index contributed by atoms with van der Waals surface area (Å²) >= 11 is 0. The van der Waals surface area contributed by atoms with Gasteiger partial charge in [-0.3, -0.25) is 0 Å². The van der Waals surface area contributed by atoms with Crippen molar-refractivity contribution in [3.63, 3.8) is 0 Å². The van der Waals surface area contributed by atoms with Crippen molar-refractivity contribution in [3.8, 4) is 17.6 Å². The largest absolute Gasteiger partial charge is 0.454 e. The fourth-order valence-corrected chi connectivity index (χ4v) is 1.63. The average Bonchev–Trinajstić information content (AvgIpc) is 2.73. The van der Waals surface area contributed by atoms with E-state index in [2.05, 4.69) is 6.07 Å². The first kappa shape index (κ1) is 9.85. The van der Waals surface area contributed by atoms with E-state index in [1.54, 1.807) is 0 Å². The van der Waals surface area contributed by atoms with Crippen LogP contribution in [-0.2, 0) is 6.42 Å². The lowest BCUT2D eigenvalue weighted by Crippen LogP contribution is -1.99. The highest BCUT2D eigenvalue weighted by molar-refractivity contribution is 5.44. The molecule has 0 spiro atoms. The molecule has 0 radical (unpaired) electrons. The molecule has 3 nitrogen and oxygen atoms in total. The van der Waals surface area contributed by atoms with Crippen LogP contribution in [0.1, 0.15) is 18.9 Å². The van der Waals surface area contributed by atoms with E-state index in [0.29, 0.717) is 6.79 Å². The summed E-state index contributed by atoms with van der Waals surface area (Å²) in [5, 5.41) is 8.87. The molecular formula is C12H13NO2. The maximum atomic E-state index is 8.87. The van der Waals surface area contributed by atoms with Crippen molar-refractivity contribution in [2.24, 2.45) is 5.92 Å². The Hall–Kier alpha value is -1.69. The molecule has 0 bridgehead atoms. The van der Waals surface area contributed by atoms with E-state index < -0.39 is 0 Å². The smallest absolute Gasteiger partial charge is 0.231 e. The van der Waals surface area contributed by atoms with E-state index in [1.807, 2.05) is 25.1 Å². The van der Waals surface area contributed by atoms with Crippen LogP contribution >= 0.6 is 0 Å². The maximum Gasteiger partial charge on any atom is 0.231 e. The lowest BCUT2D eigenvalue weighted by Gasteiger charge is -2.06. The second-order valence-corrected chi connectivity index (χ2v) is 3.63. The van der Waals surface area contributed by atoms with Crippen LogP contribution < -0.4 is 9.47 Å². The van der Waals surface area contributed by atoms with E-state index in [-0.39, 0.29) is 5.92 Å². The molecule has 0 aliphatic carbocycles. The number of ether oxygens (including phenoxy) is 2. The number of fused-ring (bicyclic) bond motifs is 1. The fraction of sp³-hybridized carbons (Fsp3) is 0.417. The molecule has 0 saturated heterocycles. The van der Waals surface area contributed by atoms with Gasteiger partial charge in [-0.2, -0.15) is 5.26 Å². The van der Waals surface area contributed by atoms with Crippen LogP contribution in [0.3, 0.4) is 0 Å². The van der Waals surface area contributed by atoms with Crippen molar-refractivity contribution in [3.05, 3.63) is 23.8 Å². The highest BCUT2D eigenvalue weighted by atomic mass is 16.7. The first-order valence-corrected chi connectivity index (χ1v) is 5.11. The van der Waals surface area contributed by atoms with Gasteiger partial charge < -0.3 is 9.47 Å². The second kappa shape index (κ2) is 4.22. The molecular weight excluding hydrogens is 190 g/mol. The molecule has 1 unspecified atom stereocenters. The summed E-state index contributed by atoms with van der Waals surface area (Å²) in [6.07, 6.45) is 1.66. The minimum Gasteiger partial charge on any atom is -0.454 e. The third kappa shape index (κ3) is 2.04. The summed E-state index contributed by atoms with van der Waals surface area (Å²) in [6, 6.07) is 8.15. The Morgan fingerprint density at radius 3 is 2.93 bits per heavy atom. The van der Waals surface area contributed by atoms with Crippen molar-refractivity contribution in [2.75, 3.05) is 6.79 Å². The fourth-order valence-electron chi connectivity index (χ4n) is 1.63. The SMILES string of the molecule is CCC(C#N)Cc1ccc2c(c1)OCO2. The van der Waals surface area contributed by atoms with Crippen LogP contribution in [0.5, 0.6) is 11.5 Å². The van der Waals surface area contributed by atoms with Crippen molar-refractivity contribution < 1.29 is 9.47 Å². The van der Waals surface area contributed by atoms with Gasteiger partial charge in [-0.25, -0.2) is 0 Å². The van der Waals surface area contributed by atoms with Gasteiger partial charge in [0.15, 0.2) is 11.5 Å². The van der Waals surface area contributed by atoms with Crippen LogP contribution in [0, 0.1) is 17.2 Å². The second-order valence-electron chi connectivity index (χ2n) is 3.63. The Balaban J connectivity index is 2.13. The van der Waals surface area contributed by atoms with Gasteiger partial charge in [0, 0.05) is 0 Å². The number of nitriles is 1. The number of rotatable bonds is 3. The van der Waals surface area contributed by atoms with Crippen LogP contribution in [0.2, 0.25) is 0 Å². The van der Waals surface area contributed by atoms with Crippen LogP contribution in [0.4, 0.5) is 0 Å². The Bertz CT molecular complexity index is 395. The molecule has 1 aromatic carbocycles. The summed E-state index contributed by atoms with van der Waals surface area (Å²) < 4.78 is 10.5. The molecule has 1 aliphatic heterocycles. The van der Waals surface area contributed by atoms with Gasteiger partial charge in [0.05, 0.1) is 12.0 Å². The topological polar surface area (TPSA) is 42.2 Å². The van der Waals surface area contributed by atoms with Gasteiger partial charge >= 0.3 is 0 Å². The Morgan fingerprint density at radius 2 is 2.20 bits per heavy atom. The summed E-state index contributed by atoms with van der Waals surface area (Å²) in [5.41, 5.74) is 1.13. The maximum absolute atomic E-state index is 8.87. The van der Waals surface area contributed by atoms with Crippen molar-refractivity contribution in [2.45, 2.75) is 19.8 Å². The van der Waals surface area contributed by atoms with E-state index >= 15 is 0 Å². The molecule has 15 heavy (non-hydrogen) atoms. The van der Waals surface area contributed by atoms with Crippen molar-refractivity contribution in [1.29, 1.82) is 5.26 Å². The van der Waals surface area contributed by atoms with Gasteiger partial charge in [-0.15, -0.1) is 0 Å². The summed E-state index contributed by atoms with van der Waals surface area (Å²) in [5.74, 6) is 1.68. The Labute approximate surface area is 89.2 Å². The number of benzene rings is 1. The highest BCUT2D eigenvalue weighted by Crippen LogP contribution is 2.33. The van der Waals surface area contributed by atoms with Gasteiger partial charge in [-0.05, 0) is 30.5 Å². The van der Waals surface area contributed by atoms with Gasteiger partial charge in [0.25, 0.3) is 0 Å².